The number of nitrogen functional groups attached to an aromatic ring is 1. The van der Waals surface area contributed by atoms with Gasteiger partial charge in [0, 0.05) is 11.6 Å². The van der Waals surface area contributed by atoms with Crippen LogP contribution in [-0.2, 0) is 6.42 Å². The van der Waals surface area contributed by atoms with Crippen molar-refractivity contribution in [2.45, 2.75) is 64.2 Å². The van der Waals surface area contributed by atoms with Crippen molar-refractivity contribution in [1.29, 1.82) is 0 Å². The van der Waals surface area contributed by atoms with Crippen LogP contribution in [-0.4, -0.2) is 9.97 Å². The summed E-state index contributed by atoms with van der Waals surface area (Å²) in [5, 5.41) is 0. The molecule has 2 aliphatic carbocycles. The van der Waals surface area contributed by atoms with Gasteiger partial charge in [0.15, 0.2) is 0 Å². The number of aromatic nitrogens is 2. The van der Waals surface area contributed by atoms with E-state index in [1.165, 1.54) is 49.1 Å². The molecule has 0 aliphatic heterocycles. The maximum atomic E-state index is 5.89. The van der Waals surface area contributed by atoms with Gasteiger partial charge in [0.25, 0.3) is 0 Å². The van der Waals surface area contributed by atoms with Gasteiger partial charge in [-0.3, -0.25) is 0 Å². The van der Waals surface area contributed by atoms with Crippen molar-refractivity contribution < 1.29 is 0 Å². The van der Waals surface area contributed by atoms with Crippen LogP contribution in [0, 0.1) is 5.92 Å². The van der Waals surface area contributed by atoms with Crippen molar-refractivity contribution in [1.82, 2.24) is 9.97 Å². The van der Waals surface area contributed by atoms with Crippen LogP contribution in [0.4, 0.5) is 5.95 Å². The molecule has 2 aliphatic rings. The normalized spacial score (nSPS) is 29.3. The molecule has 0 amide bonds. The fourth-order valence-electron chi connectivity index (χ4n) is 3.89. The summed E-state index contributed by atoms with van der Waals surface area (Å²) in [5.74, 6) is 2.55. The molecular formula is C15H23N3. The zero-order chi connectivity index (χ0) is 12.7. The zero-order valence-electron chi connectivity index (χ0n) is 11.4. The minimum Gasteiger partial charge on any atom is -0.368 e. The lowest BCUT2D eigenvalue weighted by Gasteiger charge is -2.33. The predicted octanol–water partition coefficient (Wildman–Crippen LogP) is 3.40. The van der Waals surface area contributed by atoms with Gasteiger partial charge in [-0.05, 0) is 43.1 Å². The third-order valence-corrected chi connectivity index (χ3v) is 4.77. The predicted molar refractivity (Wildman–Crippen MR) is 73.6 cm³/mol. The standard InChI is InChI=1S/C15H23N3/c1-3-4-5-11-9(2)8-10-6-7-12-13(10)14(11)18-15(16)17-12/h9-11H,3-8H2,1-2H3,(H2,16,17,18)/t9-,10+,11+/m0/s1. The van der Waals surface area contributed by atoms with E-state index in [4.69, 9.17) is 5.73 Å². The number of hydrogen-bond acceptors (Lipinski definition) is 3. The first-order chi connectivity index (χ1) is 8.70. The van der Waals surface area contributed by atoms with E-state index in [-0.39, 0.29) is 0 Å². The van der Waals surface area contributed by atoms with E-state index < -0.39 is 0 Å². The van der Waals surface area contributed by atoms with Gasteiger partial charge < -0.3 is 5.73 Å². The molecule has 0 spiro atoms. The van der Waals surface area contributed by atoms with Gasteiger partial charge in [0.05, 0.1) is 5.69 Å². The maximum absolute atomic E-state index is 5.89. The second-order valence-corrected chi connectivity index (χ2v) is 6.02. The van der Waals surface area contributed by atoms with Crippen LogP contribution in [0.2, 0.25) is 0 Å². The summed E-state index contributed by atoms with van der Waals surface area (Å²) in [6.07, 6.45) is 7.49. The molecule has 1 aromatic heterocycles. The summed E-state index contributed by atoms with van der Waals surface area (Å²) in [7, 11) is 0. The van der Waals surface area contributed by atoms with Gasteiger partial charge in [0.1, 0.15) is 0 Å². The number of hydrogen-bond donors (Lipinski definition) is 1. The SMILES string of the molecule is CCCC[C@H]1c2nc(N)nc3c2[C@H](CC3)C[C@@H]1C. The minimum atomic E-state index is 0.486. The second-order valence-electron chi connectivity index (χ2n) is 6.02. The van der Waals surface area contributed by atoms with Crippen molar-refractivity contribution in [2.75, 3.05) is 5.73 Å². The van der Waals surface area contributed by atoms with Crippen LogP contribution in [0.15, 0.2) is 0 Å². The largest absolute Gasteiger partial charge is 0.368 e. The molecule has 98 valence electrons. The van der Waals surface area contributed by atoms with E-state index in [0.717, 1.165) is 12.3 Å². The van der Waals surface area contributed by atoms with E-state index in [1.54, 1.807) is 0 Å². The number of nitrogens with two attached hydrogens (primary N) is 1. The van der Waals surface area contributed by atoms with Gasteiger partial charge in [-0.15, -0.1) is 0 Å². The number of rotatable bonds is 3. The molecule has 0 bridgehead atoms. The molecule has 1 aromatic rings. The summed E-state index contributed by atoms with van der Waals surface area (Å²) in [6.45, 7) is 4.65. The molecule has 2 N–H and O–H groups in total. The molecule has 0 radical (unpaired) electrons. The first kappa shape index (κ1) is 11.9. The first-order valence-corrected chi connectivity index (χ1v) is 7.36. The quantitative estimate of drug-likeness (QED) is 0.888. The van der Waals surface area contributed by atoms with Crippen molar-refractivity contribution >= 4 is 5.95 Å². The molecule has 0 saturated heterocycles. The van der Waals surface area contributed by atoms with E-state index in [9.17, 15) is 0 Å². The number of unbranched alkanes of at least 4 members (excludes halogenated alkanes) is 1. The first-order valence-electron chi connectivity index (χ1n) is 7.36. The summed E-state index contributed by atoms with van der Waals surface area (Å²) >= 11 is 0. The molecule has 3 rings (SSSR count). The van der Waals surface area contributed by atoms with Crippen LogP contribution in [0.3, 0.4) is 0 Å². The van der Waals surface area contributed by atoms with Crippen molar-refractivity contribution in [3.63, 3.8) is 0 Å². The van der Waals surface area contributed by atoms with Crippen LogP contribution in [0.1, 0.15) is 74.7 Å². The lowest BCUT2D eigenvalue weighted by molar-refractivity contribution is 0.334. The lowest BCUT2D eigenvalue weighted by Crippen LogP contribution is -2.23. The third-order valence-electron chi connectivity index (χ3n) is 4.77. The zero-order valence-corrected chi connectivity index (χ0v) is 11.4. The molecule has 0 aromatic carbocycles. The van der Waals surface area contributed by atoms with Crippen molar-refractivity contribution in [2.24, 2.45) is 5.92 Å². The Kier molecular flexibility index (Phi) is 3.00. The Balaban J connectivity index is 2.02. The fraction of sp³-hybridized carbons (Fsp3) is 0.733. The lowest BCUT2D eigenvalue weighted by atomic mass is 9.72. The van der Waals surface area contributed by atoms with Crippen LogP contribution in [0.25, 0.3) is 0 Å². The van der Waals surface area contributed by atoms with E-state index in [2.05, 4.69) is 23.8 Å². The van der Waals surface area contributed by atoms with Crippen molar-refractivity contribution in [3.8, 4) is 0 Å². The minimum absolute atomic E-state index is 0.486. The summed E-state index contributed by atoms with van der Waals surface area (Å²) in [6, 6.07) is 0. The Morgan fingerprint density at radius 3 is 2.94 bits per heavy atom. The maximum Gasteiger partial charge on any atom is 0.220 e. The van der Waals surface area contributed by atoms with E-state index >= 15 is 0 Å². The molecule has 0 saturated carbocycles. The van der Waals surface area contributed by atoms with Gasteiger partial charge in [-0.2, -0.15) is 0 Å². The Morgan fingerprint density at radius 1 is 1.33 bits per heavy atom. The molecular weight excluding hydrogens is 222 g/mol. The topological polar surface area (TPSA) is 51.8 Å². The molecule has 1 heterocycles. The fourth-order valence-corrected chi connectivity index (χ4v) is 3.89. The Bertz CT molecular complexity index is 455. The average Bonchev–Trinajstić information content (AvgIpc) is 2.72. The molecule has 3 nitrogen and oxygen atoms in total. The van der Waals surface area contributed by atoms with Gasteiger partial charge >= 0.3 is 0 Å². The smallest absolute Gasteiger partial charge is 0.220 e. The molecule has 0 fully saturated rings. The molecule has 18 heavy (non-hydrogen) atoms. The Morgan fingerprint density at radius 2 is 2.17 bits per heavy atom. The Labute approximate surface area is 109 Å². The molecule has 0 unspecified atom stereocenters. The van der Waals surface area contributed by atoms with Gasteiger partial charge in [-0.25, -0.2) is 9.97 Å². The highest BCUT2D eigenvalue weighted by atomic mass is 15.0. The molecule has 3 heteroatoms. The average molecular weight is 245 g/mol. The second kappa shape index (κ2) is 4.52. The van der Waals surface area contributed by atoms with Crippen LogP contribution >= 0.6 is 0 Å². The molecule has 3 atom stereocenters. The highest BCUT2D eigenvalue weighted by molar-refractivity contribution is 5.42. The monoisotopic (exact) mass is 245 g/mol. The van der Waals surface area contributed by atoms with Crippen molar-refractivity contribution in [3.05, 3.63) is 17.0 Å². The highest BCUT2D eigenvalue weighted by Crippen LogP contribution is 2.49. The van der Waals surface area contributed by atoms with Gasteiger partial charge in [-0.1, -0.05) is 26.7 Å². The number of anilines is 1. The Hall–Kier alpha value is -1.12. The summed E-state index contributed by atoms with van der Waals surface area (Å²) in [4.78, 5) is 9.07. The summed E-state index contributed by atoms with van der Waals surface area (Å²) in [5.41, 5.74) is 9.91. The van der Waals surface area contributed by atoms with Crippen LogP contribution in [0.5, 0.6) is 0 Å². The highest BCUT2D eigenvalue weighted by Gasteiger charge is 2.38. The number of aryl methyl sites for hydroxylation is 1. The van der Waals surface area contributed by atoms with Gasteiger partial charge in [0.2, 0.25) is 5.95 Å². The van der Waals surface area contributed by atoms with E-state index in [1.807, 2.05) is 0 Å². The third kappa shape index (κ3) is 1.80. The van der Waals surface area contributed by atoms with Crippen LogP contribution < -0.4 is 5.73 Å². The summed E-state index contributed by atoms with van der Waals surface area (Å²) < 4.78 is 0. The van der Waals surface area contributed by atoms with E-state index in [0.29, 0.717) is 17.8 Å². The number of nitrogens with zero attached hydrogens (tertiary/aromatic N) is 2.